The fourth-order valence-corrected chi connectivity index (χ4v) is 3.79. The lowest BCUT2D eigenvalue weighted by Gasteiger charge is -2.22. The minimum Gasteiger partial charge on any atom is -0.406 e. The van der Waals surface area contributed by atoms with Gasteiger partial charge < -0.3 is 24.2 Å². The molecule has 1 aromatic carbocycles. The molecule has 1 aromatic heterocycles. The van der Waals surface area contributed by atoms with Gasteiger partial charge in [0.2, 0.25) is 11.8 Å². The Hall–Kier alpha value is -2.66. The first kappa shape index (κ1) is 21.6. The van der Waals surface area contributed by atoms with Crippen LogP contribution in [0, 0.1) is 0 Å². The molecule has 0 radical (unpaired) electrons. The van der Waals surface area contributed by atoms with E-state index in [2.05, 4.69) is 20.2 Å². The normalized spacial score (nSPS) is 20.4. The second-order valence-electron chi connectivity index (χ2n) is 7.58. The minimum atomic E-state index is -4.74. The zero-order chi connectivity index (χ0) is 21.8. The molecule has 31 heavy (non-hydrogen) atoms. The molecule has 0 aliphatic carbocycles. The Morgan fingerprint density at radius 2 is 1.90 bits per heavy atom. The van der Waals surface area contributed by atoms with Gasteiger partial charge in [0.1, 0.15) is 11.8 Å². The van der Waals surface area contributed by atoms with E-state index < -0.39 is 6.36 Å². The number of hydrogen-bond donors (Lipinski definition) is 1. The van der Waals surface area contributed by atoms with Gasteiger partial charge in [-0.2, -0.15) is 4.98 Å². The van der Waals surface area contributed by atoms with E-state index in [1.54, 1.807) is 4.90 Å². The summed E-state index contributed by atoms with van der Waals surface area (Å²) in [5, 5.41) is 7.40. The molecule has 2 aliphatic rings. The van der Waals surface area contributed by atoms with Gasteiger partial charge in [-0.3, -0.25) is 4.79 Å². The summed E-state index contributed by atoms with van der Waals surface area (Å²) in [5.41, 5.74) is 0.677. The monoisotopic (exact) mass is 440 g/mol. The Kier molecular flexibility index (Phi) is 6.42. The van der Waals surface area contributed by atoms with Crippen LogP contribution in [0.3, 0.4) is 0 Å². The van der Waals surface area contributed by atoms with E-state index in [1.165, 1.54) is 24.3 Å². The molecule has 0 saturated carbocycles. The SMILES string of the molecule is O=C1CC[C@@H](c2nc(CNC3CCOCC3)no2)N1Cc1ccc(OC(F)(F)F)cc1. The van der Waals surface area contributed by atoms with Crippen molar-refractivity contribution in [1.82, 2.24) is 20.4 Å². The van der Waals surface area contributed by atoms with Crippen molar-refractivity contribution >= 4 is 5.91 Å². The van der Waals surface area contributed by atoms with Gasteiger partial charge in [-0.05, 0) is 37.0 Å². The number of aromatic nitrogens is 2. The lowest BCUT2D eigenvalue weighted by atomic mass is 10.1. The number of carbonyl (C=O) groups excluding carboxylic acids is 1. The van der Waals surface area contributed by atoms with Crippen molar-refractivity contribution in [2.24, 2.45) is 0 Å². The van der Waals surface area contributed by atoms with E-state index in [0.29, 0.717) is 42.7 Å². The quantitative estimate of drug-likeness (QED) is 0.708. The summed E-state index contributed by atoms with van der Waals surface area (Å²) < 4.78 is 51.6. The summed E-state index contributed by atoms with van der Waals surface area (Å²) in [4.78, 5) is 18.5. The van der Waals surface area contributed by atoms with Crippen molar-refractivity contribution in [3.8, 4) is 5.75 Å². The van der Waals surface area contributed by atoms with Crippen molar-refractivity contribution in [1.29, 1.82) is 0 Å². The second kappa shape index (κ2) is 9.23. The summed E-state index contributed by atoms with van der Waals surface area (Å²) >= 11 is 0. The molecule has 2 aliphatic heterocycles. The first-order valence-electron chi connectivity index (χ1n) is 10.1. The molecule has 1 N–H and O–H groups in total. The van der Waals surface area contributed by atoms with Crippen LogP contribution in [0.15, 0.2) is 28.8 Å². The number of amides is 1. The highest BCUT2D eigenvalue weighted by Gasteiger charge is 2.36. The molecule has 0 unspecified atom stereocenters. The number of likely N-dealkylation sites (tertiary alicyclic amines) is 1. The molecule has 168 valence electrons. The highest BCUT2D eigenvalue weighted by Crippen LogP contribution is 2.33. The van der Waals surface area contributed by atoms with Crippen LogP contribution in [0.2, 0.25) is 0 Å². The number of carbonyl (C=O) groups is 1. The summed E-state index contributed by atoms with van der Waals surface area (Å²) in [6.07, 6.45) is -1.99. The van der Waals surface area contributed by atoms with Crippen LogP contribution in [0.25, 0.3) is 0 Å². The van der Waals surface area contributed by atoms with Crippen molar-refractivity contribution in [3.63, 3.8) is 0 Å². The molecule has 4 rings (SSSR count). The summed E-state index contributed by atoms with van der Waals surface area (Å²) in [5.74, 6) is 0.515. The topological polar surface area (TPSA) is 89.7 Å². The van der Waals surface area contributed by atoms with E-state index in [1.807, 2.05) is 0 Å². The Bertz CT molecular complexity index is 881. The molecule has 11 heteroatoms. The van der Waals surface area contributed by atoms with Gasteiger partial charge in [0.25, 0.3) is 0 Å². The number of alkyl halides is 3. The van der Waals surface area contributed by atoms with Crippen molar-refractivity contribution in [2.45, 2.75) is 57.2 Å². The van der Waals surface area contributed by atoms with Crippen LogP contribution in [-0.2, 0) is 22.6 Å². The fourth-order valence-electron chi connectivity index (χ4n) is 3.79. The van der Waals surface area contributed by atoms with Gasteiger partial charge in [-0.15, -0.1) is 13.2 Å². The Labute approximate surface area is 176 Å². The molecule has 2 aromatic rings. The maximum Gasteiger partial charge on any atom is 0.573 e. The maximum atomic E-state index is 12.4. The van der Waals surface area contributed by atoms with Gasteiger partial charge in [0.15, 0.2) is 5.82 Å². The van der Waals surface area contributed by atoms with Gasteiger partial charge >= 0.3 is 6.36 Å². The third-order valence-corrected chi connectivity index (χ3v) is 5.38. The molecule has 3 heterocycles. The lowest BCUT2D eigenvalue weighted by Crippen LogP contribution is -2.34. The first-order valence-corrected chi connectivity index (χ1v) is 10.1. The molecular weight excluding hydrogens is 417 g/mol. The van der Waals surface area contributed by atoms with Crippen LogP contribution in [0.1, 0.15) is 49.0 Å². The fraction of sp³-hybridized carbons (Fsp3) is 0.550. The maximum absolute atomic E-state index is 12.4. The van der Waals surface area contributed by atoms with Crippen molar-refractivity contribution < 1.29 is 32.0 Å². The predicted molar refractivity (Wildman–Crippen MR) is 101 cm³/mol. The Balaban J connectivity index is 1.37. The van der Waals surface area contributed by atoms with Crippen molar-refractivity contribution in [2.75, 3.05) is 13.2 Å². The van der Waals surface area contributed by atoms with Crippen molar-refractivity contribution in [3.05, 3.63) is 41.5 Å². The third-order valence-electron chi connectivity index (χ3n) is 5.38. The molecule has 8 nitrogen and oxygen atoms in total. The van der Waals surface area contributed by atoms with Gasteiger partial charge in [-0.1, -0.05) is 17.3 Å². The molecule has 0 spiro atoms. The summed E-state index contributed by atoms with van der Waals surface area (Å²) in [6.45, 7) is 2.17. The van der Waals surface area contributed by atoms with E-state index in [-0.39, 0.29) is 24.2 Å². The second-order valence-corrected chi connectivity index (χ2v) is 7.58. The standard InChI is InChI=1S/C20H23F3N4O4/c21-20(22,23)30-15-3-1-13(2-4-15)12-27-16(5-6-18(27)28)19-25-17(26-31-19)11-24-14-7-9-29-10-8-14/h1-4,14,16,24H,5-12H2/t16-/m0/s1. The molecule has 1 atom stereocenters. The Morgan fingerprint density at radius 1 is 1.16 bits per heavy atom. The van der Waals surface area contributed by atoms with Crippen LogP contribution in [0.4, 0.5) is 13.2 Å². The average molecular weight is 440 g/mol. The third kappa shape index (κ3) is 5.73. The zero-order valence-corrected chi connectivity index (χ0v) is 16.7. The van der Waals surface area contributed by atoms with Gasteiger partial charge in [0.05, 0.1) is 6.54 Å². The predicted octanol–water partition coefficient (Wildman–Crippen LogP) is 3.10. The molecule has 2 saturated heterocycles. The zero-order valence-electron chi connectivity index (χ0n) is 16.7. The summed E-state index contributed by atoms with van der Waals surface area (Å²) in [6, 6.07) is 5.45. The van der Waals surface area contributed by atoms with E-state index in [9.17, 15) is 18.0 Å². The number of benzene rings is 1. The Morgan fingerprint density at radius 3 is 2.61 bits per heavy atom. The smallest absolute Gasteiger partial charge is 0.406 e. The number of nitrogens with one attached hydrogen (secondary N) is 1. The number of ether oxygens (including phenoxy) is 2. The lowest BCUT2D eigenvalue weighted by molar-refractivity contribution is -0.274. The van der Waals surface area contributed by atoms with E-state index >= 15 is 0 Å². The van der Waals surface area contributed by atoms with E-state index in [4.69, 9.17) is 9.26 Å². The average Bonchev–Trinajstić information content (AvgIpc) is 3.34. The number of nitrogens with zero attached hydrogens (tertiary/aromatic N) is 3. The first-order chi connectivity index (χ1) is 14.9. The number of rotatable bonds is 7. The van der Waals surface area contributed by atoms with Gasteiger partial charge in [0, 0.05) is 32.2 Å². The number of hydrogen-bond acceptors (Lipinski definition) is 7. The molecular formula is C20H23F3N4O4. The molecule has 0 bridgehead atoms. The van der Waals surface area contributed by atoms with Crippen LogP contribution < -0.4 is 10.1 Å². The molecule has 2 fully saturated rings. The minimum absolute atomic E-state index is 0.0688. The van der Waals surface area contributed by atoms with Crippen LogP contribution >= 0.6 is 0 Å². The highest BCUT2D eigenvalue weighted by atomic mass is 19.4. The number of halogens is 3. The van der Waals surface area contributed by atoms with E-state index in [0.717, 1.165) is 26.1 Å². The van der Waals surface area contributed by atoms with Crippen LogP contribution in [0.5, 0.6) is 5.75 Å². The summed E-state index contributed by atoms with van der Waals surface area (Å²) in [7, 11) is 0. The highest BCUT2D eigenvalue weighted by molar-refractivity contribution is 5.78. The van der Waals surface area contributed by atoms with Gasteiger partial charge in [-0.25, -0.2) is 0 Å². The van der Waals surface area contributed by atoms with Crippen LogP contribution in [-0.4, -0.2) is 46.6 Å². The molecule has 1 amide bonds. The largest absolute Gasteiger partial charge is 0.573 e.